The fourth-order valence-electron chi connectivity index (χ4n) is 2.07. The Morgan fingerprint density at radius 1 is 1.29 bits per heavy atom. The molecule has 1 aromatic heterocycles. The van der Waals surface area contributed by atoms with E-state index in [1.54, 1.807) is 12.3 Å². The van der Waals surface area contributed by atoms with Crippen LogP contribution in [0.15, 0.2) is 42.6 Å². The molecule has 2 N–H and O–H groups in total. The van der Waals surface area contributed by atoms with Gasteiger partial charge in [0.25, 0.3) is 0 Å². The van der Waals surface area contributed by atoms with Crippen LogP contribution in [0.2, 0.25) is 0 Å². The van der Waals surface area contributed by atoms with Crippen LogP contribution in [-0.4, -0.2) is 27.1 Å². The third kappa shape index (κ3) is 4.56. The minimum Gasteiger partial charge on any atom is -0.480 e. The topological polar surface area (TPSA) is 75.1 Å². The predicted octanol–water partition coefficient (Wildman–Crippen LogP) is 2.73. The molecule has 1 unspecified atom stereocenters. The highest BCUT2D eigenvalue weighted by Gasteiger charge is 2.16. The normalized spacial score (nSPS) is 11.9. The van der Waals surface area contributed by atoms with E-state index in [4.69, 9.17) is 5.11 Å². The van der Waals surface area contributed by atoms with E-state index in [1.807, 2.05) is 37.3 Å². The van der Waals surface area contributed by atoms with Crippen LogP contribution in [-0.2, 0) is 11.2 Å². The number of anilines is 1. The number of benzene rings is 1. The molecule has 0 aliphatic rings. The Morgan fingerprint density at radius 3 is 2.71 bits per heavy atom. The van der Waals surface area contributed by atoms with Gasteiger partial charge in [0.15, 0.2) is 0 Å². The van der Waals surface area contributed by atoms with E-state index < -0.39 is 12.0 Å². The lowest BCUT2D eigenvalue weighted by atomic mass is 10.1. The fourth-order valence-corrected chi connectivity index (χ4v) is 2.07. The van der Waals surface area contributed by atoms with Gasteiger partial charge in [-0.05, 0) is 18.1 Å². The number of nitrogens with zero attached hydrogens (tertiary/aromatic N) is 2. The summed E-state index contributed by atoms with van der Waals surface area (Å²) in [5, 5.41) is 12.1. The maximum atomic E-state index is 11.2. The van der Waals surface area contributed by atoms with Crippen LogP contribution in [0.4, 0.5) is 5.82 Å². The summed E-state index contributed by atoms with van der Waals surface area (Å²) in [5.41, 5.74) is 1.12. The first kappa shape index (κ1) is 15.0. The van der Waals surface area contributed by atoms with Crippen LogP contribution in [0.5, 0.6) is 0 Å². The fraction of sp³-hybridized carbons (Fsp3) is 0.312. The molecule has 1 heterocycles. The molecule has 1 atom stereocenters. The van der Waals surface area contributed by atoms with Gasteiger partial charge in [0.1, 0.15) is 17.7 Å². The van der Waals surface area contributed by atoms with E-state index in [0.717, 1.165) is 12.0 Å². The van der Waals surface area contributed by atoms with Crippen molar-refractivity contribution in [2.24, 2.45) is 0 Å². The average molecular weight is 285 g/mol. The largest absolute Gasteiger partial charge is 0.480 e. The summed E-state index contributed by atoms with van der Waals surface area (Å²) >= 11 is 0. The number of aromatic nitrogens is 2. The first-order chi connectivity index (χ1) is 10.2. The lowest BCUT2D eigenvalue weighted by Crippen LogP contribution is -2.29. The zero-order chi connectivity index (χ0) is 15.1. The van der Waals surface area contributed by atoms with E-state index in [-0.39, 0.29) is 0 Å². The molecule has 0 saturated heterocycles. The molecular formula is C16H19N3O2. The first-order valence-electron chi connectivity index (χ1n) is 7.04. The number of aliphatic carboxylic acids is 1. The van der Waals surface area contributed by atoms with E-state index in [9.17, 15) is 4.79 Å². The Hall–Kier alpha value is -2.43. The molecule has 21 heavy (non-hydrogen) atoms. The molecule has 0 amide bonds. The molecule has 0 spiro atoms. The zero-order valence-electron chi connectivity index (χ0n) is 12.0. The summed E-state index contributed by atoms with van der Waals surface area (Å²) in [6, 6.07) is 11.0. The Kier molecular flexibility index (Phi) is 5.26. The number of hydrogen-bond donors (Lipinski definition) is 2. The van der Waals surface area contributed by atoms with Gasteiger partial charge in [-0.25, -0.2) is 14.8 Å². The summed E-state index contributed by atoms with van der Waals surface area (Å²) < 4.78 is 0. The van der Waals surface area contributed by atoms with Gasteiger partial charge < -0.3 is 10.4 Å². The Labute approximate surface area is 124 Å². The average Bonchev–Trinajstić information content (AvgIpc) is 2.48. The smallest absolute Gasteiger partial charge is 0.326 e. The molecule has 0 radical (unpaired) electrons. The van der Waals surface area contributed by atoms with Crippen molar-refractivity contribution < 1.29 is 9.90 Å². The molecule has 0 bridgehead atoms. The van der Waals surface area contributed by atoms with Gasteiger partial charge in [-0.15, -0.1) is 0 Å². The molecule has 1 aromatic carbocycles. The predicted molar refractivity (Wildman–Crippen MR) is 81.2 cm³/mol. The summed E-state index contributed by atoms with van der Waals surface area (Å²) in [7, 11) is 0. The quantitative estimate of drug-likeness (QED) is 0.818. The van der Waals surface area contributed by atoms with E-state index >= 15 is 0 Å². The Morgan fingerprint density at radius 2 is 2.05 bits per heavy atom. The second-order valence-electron chi connectivity index (χ2n) is 4.84. The molecule has 0 aliphatic heterocycles. The minimum atomic E-state index is -0.861. The van der Waals surface area contributed by atoms with Crippen LogP contribution < -0.4 is 5.32 Å². The molecule has 5 heteroatoms. The number of carboxylic acids is 1. The summed E-state index contributed by atoms with van der Waals surface area (Å²) in [5.74, 6) is 0.365. The minimum absolute atomic E-state index is 0.553. The standard InChI is InChI=1S/C16H19N3O2/c1-2-6-13(16(20)21)18-14-9-10-17-15(19-14)11-12-7-4-3-5-8-12/h3-5,7-10,13H,2,6,11H2,1H3,(H,20,21)(H,17,18,19). The van der Waals surface area contributed by atoms with Gasteiger partial charge in [-0.3, -0.25) is 0 Å². The number of carbonyl (C=O) groups is 1. The van der Waals surface area contributed by atoms with Crippen LogP contribution in [0.25, 0.3) is 0 Å². The van der Waals surface area contributed by atoms with Crippen LogP contribution in [0.3, 0.4) is 0 Å². The van der Waals surface area contributed by atoms with E-state index in [2.05, 4.69) is 15.3 Å². The molecule has 0 aliphatic carbocycles. The number of rotatable bonds is 7. The number of hydrogen-bond acceptors (Lipinski definition) is 4. The third-order valence-electron chi connectivity index (χ3n) is 3.11. The van der Waals surface area contributed by atoms with Crippen molar-refractivity contribution in [1.82, 2.24) is 9.97 Å². The van der Waals surface area contributed by atoms with Gasteiger partial charge in [0.2, 0.25) is 0 Å². The number of nitrogens with one attached hydrogen (secondary N) is 1. The molecule has 0 saturated carbocycles. The Balaban J connectivity index is 2.08. The number of carboxylic acid groups (broad SMARTS) is 1. The molecule has 2 rings (SSSR count). The second kappa shape index (κ2) is 7.38. The maximum Gasteiger partial charge on any atom is 0.326 e. The van der Waals surface area contributed by atoms with Crippen molar-refractivity contribution in [1.29, 1.82) is 0 Å². The highest BCUT2D eigenvalue weighted by atomic mass is 16.4. The second-order valence-corrected chi connectivity index (χ2v) is 4.84. The van der Waals surface area contributed by atoms with Gasteiger partial charge in [-0.1, -0.05) is 43.7 Å². The van der Waals surface area contributed by atoms with Gasteiger partial charge in [-0.2, -0.15) is 0 Å². The highest BCUT2D eigenvalue weighted by Crippen LogP contribution is 2.10. The first-order valence-corrected chi connectivity index (χ1v) is 7.04. The van der Waals surface area contributed by atoms with Crippen molar-refractivity contribution in [2.75, 3.05) is 5.32 Å². The molecule has 110 valence electrons. The van der Waals surface area contributed by atoms with Crippen LogP contribution in [0, 0.1) is 0 Å². The van der Waals surface area contributed by atoms with Crippen molar-refractivity contribution in [3.8, 4) is 0 Å². The summed E-state index contributed by atoms with van der Waals surface area (Å²) in [4.78, 5) is 19.8. The summed E-state index contributed by atoms with van der Waals surface area (Å²) in [6.07, 6.45) is 3.64. The molecule has 5 nitrogen and oxygen atoms in total. The van der Waals surface area contributed by atoms with E-state index in [1.165, 1.54) is 0 Å². The lowest BCUT2D eigenvalue weighted by molar-refractivity contribution is -0.138. The molecule has 2 aromatic rings. The Bertz CT molecular complexity index is 587. The van der Waals surface area contributed by atoms with Crippen molar-refractivity contribution in [3.63, 3.8) is 0 Å². The van der Waals surface area contributed by atoms with Crippen molar-refractivity contribution in [3.05, 3.63) is 54.0 Å². The van der Waals surface area contributed by atoms with Gasteiger partial charge in [0, 0.05) is 12.6 Å². The van der Waals surface area contributed by atoms with Crippen molar-refractivity contribution >= 4 is 11.8 Å². The van der Waals surface area contributed by atoms with Crippen molar-refractivity contribution in [2.45, 2.75) is 32.2 Å². The zero-order valence-corrected chi connectivity index (χ0v) is 12.0. The maximum absolute atomic E-state index is 11.2. The molecule has 0 fully saturated rings. The monoisotopic (exact) mass is 285 g/mol. The van der Waals surface area contributed by atoms with E-state index in [0.29, 0.717) is 24.5 Å². The van der Waals surface area contributed by atoms with Gasteiger partial charge >= 0.3 is 5.97 Å². The third-order valence-corrected chi connectivity index (χ3v) is 3.11. The lowest BCUT2D eigenvalue weighted by Gasteiger charge is -2.14. The molecular weight excluding hydrogens is 266 g/mol. The summed E-state index contributed by atoms with van der Waals surface area (Å²) in [6.45, 7) is 1.96. The van der Waals surface area contributed by atoms with Crippen LogP contribution >= 0.6 is 0 Å². The van der Waals surface area contributed by atoms with Gasteiger partial charge in [0.05, 0.1) is 0 Å². The SMILES string of the molecule is CCCC(Nc1ccnc(Cc2ccccc2)n1)C(=O)O. The highest BCUT2D eigenvalue weighted by molar-refractivity contribution is 5.76. The van der Waals surface area contributed by atoms with Crippen LogP contribution in [0.1, 0.15) is 31.2 Å².